The number of rotatable bonds is 10. The second kappa shape index (κ2) is 9.40. The Morgan fingerprint density at radius 2 is 1.91 bits per heavy atom. The number of carbonyl (C=O) groups is 1. The van der Waals surface area contributed by atoms with Crippen molar-refractivity contribution in [1.82, 2.24) is 10.6 Å². The lowest BCUT2D eigenvalue weighted by molar-refractivity contribution is -0.129. The zero-order valence-electron chi connectivity index (χ0n) is 13.8. The van der Waals surface area contributed by atoms with Gasteiger partial charge in [-0.1, -0.05) is 18.2 Å². The van der Waals surface area contributed by atoms with Gasteiger partial charge in [0.1, 0.15) is 11.3 Å². The molecule has 0 radical (unpaired) electrons. The Morgan fingerprint density at radius 3 is 2.55 bits per heavy atom. The van der Waals surface area contributed by atoms with Crippen molar-refractivity contribution < 1.29 is 19.0 Å². The Balaban J connectivity index is 2.66. The van der Waals surface area contributed by atoms with E-state index in [0.29, 0.717) is 19.7 Å². The molecule has 0 fully saturated rings. The molecule has 0 heterocycles. The summed E-state index contributed by atoms with van der Waals surface area (Å²) in [5, 5.41) is 6.09. The number of methoxy groups -OCH3 is 3. The molecule has 6 nitrogen and oxygen atoms in total. The molecule has 22 heavy (non-hydrogen) atoms. The van der Waals surface area contributed by atoms with Gasteiger partial charge in [0.2, 0.25) is 5.91 Å². The van der Waals surface area contributed by atoms with Gasteiger partial charge in [-0.2, -0.15) is 0 Å². The zero-order chi connectivity index (χ0) is 16.4. The molecular formula is C16H26N2O4. The van der Waals surface area contributed by atoms with Crippen molar-refractivity contribution >= 4 is 5.91 Å². The van der Waals surface area contributed by atoms with Gasteiger partial charge in [0.15, 0.2) is 0 Å². The molecule has 0 aromatic heterocycles. The topological polar surface area (TPSA) is 68.8 Å². The Morgan fingerprint density at radius 1 is 1.18 bits per heavy atom. The summed E-state index contributed by atoms with van der Waals surface area (Å²) >= 11 is 0. The van der Waals surface area contributed by atoms with Gasteiger partial charge in [-0.05, 0) is 13.0 Å². The van der Waals surface area contributed by atoms with Crippen molar-refractivity contribution in [3.05, 3.63) is 29.8 Å². The molecule has 0 spiro atoms. The molecule has 1 aromatic carbocycles. The van der Waals surface area contributed by atoms with Gasteiger partial charge in [0, 0.05) is 32.9 Å². The van der Waals surface area contributed by atoms with Crippen molar-refractivity contribution in [2.75, 3.05) is 41.1 Å². The number of amides is 1. The highest BCUT2D eigenvalue weighted by Crippen LogP contribution is 2.17. The van der Waals surface area contributed by atoms with Crippen LogP contribution in [0, 0.1) is 0 Å². The Hall–Kier alpha value is -1.63. The van der Waals surface area contributed by atoms with Crippen LogP contribution in [0.4, 0.5) is 0 Å². The van der Waals surface area contributed by atoms with Crippen LogP contribution in [0.2, 0.25) is 0 Å². The van der Waals surface area contributed by atoms with Gasteiger partial charge in [0.05, 0.1) is 20.3 Å². The normalized spacial score (nSPS) is 13.5. The third-order valence-corrected chi connectivity index (χ3v) is 3.39. The van der Waals surface area contributed by atoms with Gasteiger partial charge >= 0.3 is 0 Å². The fourth-order valence-corrected chi connectivity index (χ4v) is 2.13. The fourth-order valence-electron chi connectivity index (χ4n) is 2.13. The van der Waals surface area contributed by atoms with Gasteiger partial charge in [0.25, 0.3) is 0 Å². The molecule has 1 rings (SSSR count). The van der Waals surface area contributed by atoms with Crippen LogP contribution in [0.25, 0.3) is 0 Å². The van der Waals surface area contributed by atoms with E-state index >= 15 is 0 Å². The number of hydrogen-bond donors (Lipinski definition) is 2. The first-order valence-electron chi connectivity index (χ1n) is 7.20. The van der Waals surface area contributed by atoms with Gasteiger partial charge in [-0.25, -0.2) is 0 Å². The van der Waals surface area contributed by atoms with Crippen LogP contribution in [0.15, 0.2) is 24.3 Å². The molecule has 0 saturated carbocycles. The molecule has 2 N–H and O–H groups in total. The van der Waals surface area contributed by atoms with E-state index in [4.69, 9.17) is 14.2 Å². The molecule has 0 aliphatic rings. The standard InChI is InChI=1S/C16H26N2O4/c1-16(12-21-3,18-9-10-20-2)15(19)17-11-13-7-5-6-8-14(13)22-4/h5-8,18H,9-12H2,1-4H3,(H,17,19). The first-order chi connectivity index (χ1) is 10.6. The van der Waals surface area contributed by atoms with Crippen molar-refractivity contribution in [1.29, 1.82) is 0 Å². The van der Waals surface area contributed by atoms with Crippen LogP contribution < -0.4 is 15.4 Å². The molecule has 6 heteroatoms. The van der Waals surface area contributed by atoms with E-state index in [1.165, 1.54) is 0 Å². The number of ether oxygens (including phenoxy) is 3. The van der Waals surface area contributed by atoms with E-state index in [1.807, 2.05) is 31.2 Å². The highest BCUT2D eigenvalue weighted by atomic mass is 16.5. The predicted octanol–water partition coefficient (Wildman–Crippen LogP) is 0.953. The highest BCUT2D eigenvalue weighted by Gasteiger charge is 2.32. The maximum atomic E-state index is 12.5. The summed E-state index contributed by atoms with van der Waals surface area (Å²) in [5.41, 5.74) is 0.116. The summed E-state index contributed by atoms with van der Waals surface area (Å²) < 4.78 is 15.5. The van der Waals surface area contributed by atoms with Crippen molar-refractivity contribution in [3.63, 3.8) is 0 Å². The number of para-hydroxylation sites is 1. The van der Waals surface area contributed by atoms with Gasteiger partial charge < -0.3 is 19.5 Å². The van der Waals surface area contributed by atoms with Crippen LogP contribution >= 0.6 is 0 Å². The second-order valence-corrected chi connectivity index (χ2v) is 5.18. The fraction of sp³-hybridized carbons (Fsp3) is 0.562. The van der Waals surface area contributed by atoms with E-state index in [1.54, 1.807) is 21.3 Å². The van der Waals surface area contributed by atoms with E-state index < -0.39 is 5.54 Å². The smallest absolute Gasteiger partial charge is 0.242 e. The lowest BCUT2D eigenvalue weighted by atomic mass is 10.0. The van der Waals surface area contributed by atoms with E-state index in [9.17, 15) is 4.79 Å². The van der Waals surface area contributed by atoms with Crippen molar-refractivity contribution in [3.8, 4) is 5.75 Å². The van der Waals surface area contributed by atoms with Crippen LogP contribution in [0.3, 0.4) is 0 Å². The van der Waals surface area contributed by atoms with Gasteiger partial charge in [-0.15, -0.1) is 0 Å². The Kier molecular flexibility index (Phi) is 7.87. The monoisotopic (exact) mass is 310 g/mol. The van der Waals surface area contributed by atoms with Crippen LogP contribution in [0.5, 0.6) is 5.75 Å². The largest absolute Gasteiger partial charge is 0.496 e. The summed E-state index contributed by atoms with van der Waals surface area (Å²) in [4.78, 5) is 12.5. The SMILES string of the molecule is COCCNC(C)(COC)C(=O)NCc1ccccc1OC. The first kappa shape index (κ1) is 18.4. The quantitative estimate of drug-likeness (QED) is 0.630. The summed E-state index contributed by atoms with van der Waals surface area (Å²) in [6.07, 6.45) is 0. The lowest BCUT2D eigenvalue weighted by Gasteiger charge is -2.29. The van der Waals surface area contributed by atoms with Crippen molar-refractivity contribution in [2.24, 2.45) is 0 Å². The number of nitrogens with one attached hydrogen (secondary N) is 2. The summed E-state index contributed by atoms with van der Waals surface area (Å²) in [6, 6.07) is 7.60. The molecule has 1 unspecified atom stereocenters. The second-order valence-electron chi connectivity index (χ2n) is 5.18. The summed E-state index contributed by atoms with van der Waals surface area (Å²) in [5.74, 6) is 0.625. The molecule has 1 aromatic rings. The third kappa shape index (κ3) is 5.29. The van der Waals surface area contributed by atoms with Crippen molar-refractivity contribution in [2.45, 2.75) is 19.0 Å². The number of benzene rings is 1. The Labute approximate surface area is 132 Å². The summed E-state index contributed by atoms with van der Waals surface area (Å²) in [6.45, 7) is 3.57. The number of carbonyl (C=O) groups excluding carboxylic acids is 1. The maximum absolute atomic E-state index is 12.5. The lowest BCUT2D eigenvalue weighted by Crippen LogP contribution is -2.58. The third-order valence-electron chi connectivity index (χ3n) is 3.39. The average molecular weight is 310 g/mol. The molecular weight excluding hydrogens is 284 g/mol. The predicted molar refractivity (Wildman–Crippen MR) is 85.0 cm³/mol. The Bertz CT molecular complexity index is 467. The zero-order valence-corrected chi connectivity index (χ0v) is 13.8. The molecule has 0 aliphatic heterocycles. The molecule has 124 valence electrons. The number of hydrogen-bond acceptors (Lipinski definition) is 5. The van der Waals surface area contributed by atoms with Crippen LogP contribution in [0.1, 0.15) is 12.5 Å². The van der Waals surface area contributed by atoms with E-state index in [0.717, 1.165) is 11.3 Å². The highest BCUT2D eigenvalue weighted by molar-refractivity contribution is 5.86. The molecule has 0 saturated heterocycles. The van der Waals surface area contributed by atoms with Crippen LogP contribution in [-0.2, 0) is 20.8 Å². The minimum absolute atomic E-state index is 0.128. The average Bonchev–Trinajstić information content (AvgIpc) is 2.53. The van der Waals surface area contributed by atoms with Crippen LogP contribution in [-0.4, -0.2) is 52.5 Å². The molecule has 0 bridgehead atoms. The maximum Gasteiger partial charge on any atom is 0.242 e. The molecule has 0 aliphatic carbocycles. The minimum Gasteiger partial charge on any atom is -0.496 e. The van der Waals surface area contributed by atoms with E-state index in [-0.39, 0.29) is 12.5 Å². The van der Waals surface area contributed by atoms with Gasteiger partial charge in [-0.3, -0.25) is 10.1 Å². The molecule has 1 atom stereocenters. The van der Waals surface area contributed by atoms with E-state index in [2.05, 4.69) is 10.6 Å². The molecule has 1 amide bonds. The minimum atomic E-state index is -0.810. The summed E-state index contributed by atoms with van der Waals surface area (Å²) in [7, 11) is 4.81. The first-order valence-corrected chi connectivity index (χ1v) is 7.20.